The van der Waals surface area contributed by atoms with Crippen LogP contribution in [0.1, 0.15) is 28.9 Å². The molecule has 1 heterocycles. The number of nitrogens with two attached hydrogens (primary N) is 1. The first-order valence-electron chi connectivity index (χ1n) is 5.43. The second-order valence-corrected chi connectivity index (χ2v) is 6.39. The lowest BCUT2D eigenvalue weighted by atomic mass is 10.2. The van der Waals surface area contributed by atoms with Crippen molar-refractivity contribution in [3.8, 4) is 0 Å². The number of unbranched alkanes of at least 4 members (excludes halogenated alkanes) is 1. The van der Waals surface area contributed by atoms with Crippen LogP contribution in [0.4, 0.5) is 0 Å². The van der Waals surface area contributed by atoms with Gasteiger partial charge in [0.2, 0.25) is 15.9 Å². The number of aromatic carboxylic acids is 1. The number of carbonyl (C=O) groups is 2. The number of hydrogen-bond donors (Lipinski definition) is 3. The topological polar surface area (TPSA) is 127 Å². The number of carbonyl (C=O) groups excluding carboxylic acids is 1. The van der Waals surface area contributed by atoms with E-state index >= 15 is 0 Å². The fourth-order valence-corrected chi connectivity index (χ4v) is 3.71. The molecule has 0 bridgehead atoms. The highest BCUT2D eigenvalue weighted by atomic mass is 32.2. The van der Waals surface area contributed by atoms with Gasteiger partial charge in [0.1, 0.15) is 9.77 Å². The Morgan fingerprint density at radius 1 is 1.37 bits per heavy atom. The van der Waals surface area contributed by atoms with Crippen LogP contribution in [0, 0.1) is 0 Å². The van der Waals surface area contributed by atoms with Crippen LogP contribution in [0.15, 0.2) is 16.3 Å². The van der Waals surface area contributed by atoms with E-state index in [9.17, 15) is 18.0 Å². The zero-order valence-electron chi connectivity index (χ0n) is 9.96. The van der Waals surface area contributed by atoms with E-state index in [1.807, 2.05) is 0 Å². The monoisotopic (exact) mass is 306 g/mol. The molecular weight excluding hydrogens is 292 g/mol. The van der Waals surface area contributed by atoms with Crippen molar-refractivity contribution in [1.82, 2.24) is 4.72 Å². The van der Waals surface area contributed by atoms with Gasteiger partial charge in [-0.25, -0.2) is 17.9 Å². The number of nitrogens with one attached hydrogen (secondary N) is 1. The SMILES string of the molecule is NC(=O)CCCCNS(=O)(=O)c1ccsc1C(=O)O. The Morgan fingerprint density at radius 2 is 2.05 bits per heavy atom. The molecule has 1 amide bonds. The number of primary amides is 1. The summed E-state index contributed by atoms with van der Waals surface area (Å²) in [6.45, 7) is 0.129. The van der Waals surface area contributed by atoms with Crippen molar-refractivity contribution in [1.29, 1.82) is 0 Å². The molecular formula is C10H14N2O5S2. The summed E-state index contributed by atoms with van der Waals surface area (Å²) < 4.78 is 26.0. The molecule has 19 heavy (non-hydrogen) atoms. The van der Waals surface area contributed by atoms with Crippen LogP contribution in [0.25, 0.3) is 0 Å². The third-order valence-electron chi connectivity index (χ3n) is 2.25. The summed E-state index contributed by atoms with van der Waals surface area (Å²) in [5, 5.41) is 10.3. The van der Waals surface area contributed by atoms with Crippen LogP contribution in [-0.2, 0) is 14.8 Å². The molecule has 0 fully saturated rings. The van der Waals surface area contributed by atoms with E-state index in [2.05, 4.69) is 4.72 Å². The Bertz CT molecular complexity index is 564. The number of rotatable bonds is 8. The van der Waals surface area contributed by atoms with Gasteiger partial charge in [0.05, 0.1) is 0 Å². The minimum Gasteiger partial charge on any atom is -0.477 e. The highest BCUT2D eigenvalue weighted by Crippen LogP contribution is 2.21. The van der Waals surface area contributed by atoms with Gasteiger partial charge in [0.25, 0.3) is 0 Å². The molecule has 0 saturated heterocycles. The van der Waals surface area contributed by atoms with Gasteiger partial charge in [-0.3, -0.25) is 4.79 Å². The Balaban J connectivity index is 2.59. The van der Waals surface area contributed by atoms with Gasteiger partial charge in [-0.1, -0.05) is 0 Å². The fraction of sp³-hybridized carbons (Fsp3) is 0.400. The molecule has 0 saturated carbocycles. The van der Waals surface area contributed by atoms with E-state index in [0.29, 0.717) is 12.8 Å². The number of carboxylic acids is 1. The zero-order chi connectivity index (χ0) is 14.5. The van der Waals surface area contributed by atoms with Gasteiger partial charge in [0.15, 0.2) is 0 Å². The summed E-state index contributed by atoms with van der Waals surface area (Å²) in [5.74, 6) is -1.71. The molecule has 9 heteroatoms. The van der Waals surface area contributed by atoms with Crippen LogP contribution < -0.4 is 10.5 Å². The molecule has 0 unspecified atom stereocenters. The van der Waals surface area contributed by atoms with Gasteiger partial charge in [-0.2, -0.15) is 0 Å². The van der Waals surface area contributed by atoms with Crippen molar-refractivity contribution in [2.24, 2.45) is 5.73 Å². The largest absolute Gasteiger partial charge is 0.477 e. The van der Waals surface area contributed by atoms with Crippen molar-refractivity contribution in [2.45, 2.75) is 24.2 Å². The van der Waals surface area contributed by atoms with Gasteiger partial charge in [0, 0.05) is 13.0 Å². The van der Waals surface area contributed by atoms with Gasteiger partial charge < -0.3 is 10.8 Å². The highest BCUT2D eigenvalue weighted by Gasteiger charge is 2.23. The second-order valence-electron chi connectivity index (χ2n) is 3.74. The molecule has 0 aliphatic heterocycles. The number of carboxylic acid groups (broad SMARTS) is 1. The van der Waals surface area contributed by atoms with Gasteiger partial charge >= 0.3 is 5.97 Å². The molecule has 1 aromatic rings. The average Bonchev–Trinajstić information content (AvgIpc) is 2.77. The molecule has 1 aromatic heterocycles. The lowest BCUT2D eigenvalue weighted by molar-refractivity contribution is -0.118. The predicted octanol–water partition coefficient (Wildman–Crippen LogP) is 0.380. The number of amides is 1. The van der Waals surface area contributed by atoms with E-state index < -0.39 is 21.9 Å². The van der Waals surface area contributed by atoms with E-state index in [0.717, 1.165) is 11.3 Å². The molecule has 1 rings (SSSR count). The first-order chi connectivity index (χ1) is 8.84. The maximum Gasteiger partial charge on any atom is 0.347 e. The summed E-state index contributed by atoms with van der Waals surface area (Å²) in [7, 11) is -3.83. The van der Waals surface area contributed by atoms with Crippen molar-refractivity contribution >= 4 is 33.2 Å². The van der Waals surface area contributed by atoms with Crippen molar-refractivity contribution < 1.29 is 23.1 Å². The maximum absolute atomic E-state index is 11.9. The van der Waals surface area contributed by atoms with Gasteiger partial charge in [-0.05, 0) is 24.3 Å². The van der Waals surface area contributed by atoms with Crippen LogP contribution in [0.5, 0.6) is 0 Å². The van der Waals surface area contributed by atoms with Crippen molar-refractivity contribution in [2.75, 3.05) is 6.54 Å². The maximum atomic E-state index is 11.9. The zero-order valence-corrected chi connectivity index (χ0v) is 11.6. The van der Waals surface area contributed by atoms with Gasteiger partial charge in [-0.15, -0.1) is 11.3 Å². The number of thiophene rings is 1. The average molecular weight is 306 g/mol. The van der Waals surface area contributed by atoms with E-state index in [1.165, 1.54) is 11.4 Å². The van der Waals surface area contributed by atoms with Crippen LogP contribution in [-0.4, -0.2) is 31.9 Å². The van der Waals surface area contributed by atoms with E-state index in [1.54, 1.807) is 0 Å². The summed E-state index contributed by atoms with van der Waals surface area (Å²) >= 11 is 0.852. The Kier molecular flexibility index (Phi) is 5.45. The third-order valence-corrected chi connectivity index (χ3v) is 4.79. The summed E-state index contributed by atoms with van der Waals surface area (Å²) in [4.78, 5) is 20.9. The smallest absolute Gasteiger partial charge is 0.347 e. The molecule has 4 N–H and O–H groups in total. The summed E-state index contributed by atoms with van der Waals surface area (Å²) in [6.07, 6.45) is 1.13. The van der Waals surface area contributed by atoms with Crippen molar-refractivity contribution in [3.63, 3.8) is 0 Å². The molecule has 0 atom stereocenters. The van der Waals surface area contributed by atoms with Crippen molar-refractivity contribution in [3.05, 3.63) is 16.3 Å². The lowest BCUT2D eigenvalue weighted by Gasteiger charge is -2.05. The molecule has 0 spiro atoms. The minimum absolute atomic E-state index is 0.129. The van der Waals surface area contributed by atoms with Crippen LogP contribution >= 0.6 is 11.3 Å². The van der Waals surface area contributed by atoms with E-state index in [4.69, 9.17) is 10.8 Å². The predicted molar refractivity (Wildman–Crippen MR) is 69.5 cm³/mol. The standard InChI is InChI=1S/C10H14N2O5S2/c11-8(13)3-1-2-5-12-19(16,17)7-4-6-18-9(7)10(14)15/h4,6,12H,1-3,5H2,(H2,11,13)(H,14,15). The fourth-order valence-electron chi connectivity index (χ4n) is 1.37. The van der Waals surface area contributed by atoms with Crippen LogP contribution in [0.2, 0.25) is 0 Å². The summed E-state index contributed by atoms with van der Waals surface area (Å²) in [6, 6.07) is 1.25. The summed E-state index contributed by atoms with van der Waals surface area (Å²) in [5.41, 5.74) is 4.95. The normalized spacial score (nSPS) is 11.4. The molecule has 0 radical (unpaired) electrons. The number of hydrogen-bond acceptors (Lipinski definition) is 5. The first-order valence-corrected chi connectivity index (χ1v) is 7.79. The molecule has 106 valence electrons. The van der Waals surface area contributed by atoms with E-state index in [-0.39, 0.29) is 22.7 Å². The third kappa shape index (κ3) is 4.62. The quantitative estimate of drug-likeness (QED) is 0.598. The molecule has 7 nitrogen and oxygen atoms in total. The van der Waals surface area contributed by atoms with Crippen LogP contribution in [0.3, 0.4) is 0 Å². The minimum atomic E-state index is -3.83. The Morgan fingerprint density at radius 3 is 2.63 bits per heavy atom. The first kappa shape index (κ1) is 15.6. The molecule has 0 aliphatic carbocycles. The highest BCUT2D eigenvalue weighted by molar-refractivity contribution is 7.89. The molecule has 0 aliphatic rings. The molecule has 0 aromatic carbocycles. The Labute approximate surface area is 114 Å². The number of sulfonamides is 1. The second kappa shape index (κ2) is 6.64. The lowest BCUT2D eigenvalue weighted by Crippen LogP contribution is -2.26. The Hall–Kier alpha value is -1.45.